The number of hydrogen-bond donors (Lipinski definition) is 1. The summed E-state index contributed by atoms with van der Waals surface area (Å²) in [5, 5.41) is 12.3. The van der Waals surface area contributed by atoms with Crippen LogP contribution in [0.4, 0.5) is 5.69 Å². The average Bonchev–Trinajstić information content (AvgIpc) is 2.86. The quantitative estimate of drug-likeness (QED) is 0.893. The molecule has 0 amide bonds. The first-order valence-corrected chi connectivity index (χ1v) is 7.57. The van der Waals surface area contributed by atoms with Crippen LogP contribution in [0.5, 0.6) is 0 Å². The first kappa shape index (κ1) is 13.2. The van der Waals surface area contributed by atoms with Crippen LogP contribution in [0.1, 0.15) is 29.2 Å². The van der Waals surface area contributed by atoms with E-state index in [0.29, 0.717) is 12.5 Å². The number of nitrogens with one attached hydrogen (secondary N) is 1. The maximum absolute atomic E-state index is 8.68. The van der Waals surface area contributed by atoms with Crippen LogP contribution in [0.3, 0.4) is 0 Å². The van der Waals surface area contributed by atoms with Crippen molar-refractivity contribution < 1.29 is 0 Å². The molecule has 1 aliphatic carbocycles. The van der Waals surface area contributed by atoms with Crippen molar-refractivity contribution in [1.82, 2.24) is 0 Å². The molecule has 2 aromatic carbocycles. The minimum Gasteiger partial charge on any atom is -0.378 e. The van der Waals surface area contributed by atoms with E-state index < -0.39 is 0 Å². The van der Waals surface area contributed by atoms with Gasteiger partial charge in [-0.25, -0.2) is 0 Å². The van der Waals surface area contributed by atoms with E-state index >= 15 is 0 Å². The van der Waals surface area contributed by atoms with Gasteiger partial charge in [0.1, 0.15) is 0 Å². The molecule has 0 radical (unpaired) electrons. The Balaban J connectivity index is 1.77. The van der Waals surface area contributed by atoms with Gasteiger partial charge < -0.3 is 5.32 Å². The second-order valence-corrected chi connectivity index (χ2v) is 5.93. The summed E-state index contributed by atoms with van der Waals surface area (Å²) in [4.78, 5) is 0. The van der Waals surface area contributed by atoms with Crippen molar-refractivity contribution in [1.29, 1.82) is 5.26 Å². The standard InChI is InChI=1S/C17H15BrN2/c18-16-3-1-2-15-14(16)8-9-17(15)20-13-6-4-12(5-7-13)10-11-19/h1-7,17,20H,8-10H2. The van der Waals surface area contributed by atoms with Crippen LogP contribution in [-0.4, -0.2) is 0 Å². The van der Waals surface area contributed by atoms with Crippen LogP contribution in [-0.2, 0) is 12.8 Å². The lowest BCUT2D eigenvalue weighted by atomic mass is 10.1. The number of rotatable bonds is 3. The zero-order valence-corrected chi connectivity index (χ0v) is 12.7. The molecule has 0 saturated heterocycles. The summed E-state index contributed by atoms with van der Waals surface area (Å²) in [6, 6.07) is 17.1. The second kappa shape index (κ2) is 5.68. The zero-order valence-electron chi connectivity index (χ0n) is 11.1. The molecule has 0 bridgehead atoms. The van der Waals surface area contributed by atoms with Crippen LogP contribution in [0.15, 0.2) is 46.9 Å². The van der Waals surface area contributed by atoms with Crippen molar-refractivity contribution in [3.8, 4) is 6.07 Å². The SMILES string of the molecule is N#CCc1ccc(NC2CCc3c(Br)cccc32)cc1. The maximum atomic E-state index is 8.68. The number of benzene rings is 2. The van der Waals surface area contributed by atoms with Gasteiger partial charge in [0.15, 0.2) is 0 Å². The van der Waals surface area contributed by atoms with E-state index in [1.165, 1.54) is 15.6 Å². The Hall–Kier alpha value is -1.79. The summed E-state index contributed by atoms with van der Waals surface area (Å²) < 4.78 is 1.21. The molecule has 3 rings (SSSR count). The fourth-order valence-electron chi connectivity index (χ4n) is 2.77. The summed E-state index contributed by atoms with van der Waals surface area (Å²) in [7, 11) is 0. The predicted molar refractivity (Wildman–Crippen MR) is 84.6 cm³/mol. The first-order valence-electron chi connectivity index (χ1n) is 6.77. The van der Waals surface area contributed by atoms with Gasteiger partial charge in [-0.1, -0.05) is 40.2 Å². The van der Waals surface area contributed by atoms with Crippen molar-refractivity contribution in [3.63, 3.8) is 0 Å². The highest BCUT2D eigenvalue weighted by Gasteiger charge is 2.23. The summed E-state index contributed by atoms with van der Waals surface area (Å²) in [5.41, 5.74) is 4.99. The lowest BCUT2D eigenvalue weighted by molar-refractivity contribution is 0.762. The molecule has 0 heterocycles. The minimum absolute atomic E-state index is 0.379. The highest BCUT2D eigenvalue weighted by Crippen LogP contribution is 2.37. The molecule has 20 heavy (non-hydrogen) atoms. The van der Waals surface area contributed by atoms with E-state index in [1.807, 2.05) is 12.1 Å². The number of halogens is 1. The predicted octanol–water partition coefficient (Wildman–Crippen LogP) is 4.61. The molecule has 1 atom stereocenters. The number of nitriles is 1. The molecule has 100 valence electrons. The topological polar surface area (TPSA) is 35.8 Å². The summed E-state index contributed by atoms with van der Waals surface area (Å²) >= 11 is 3.63. The molecule has 2 nitrogen and oxygen atoms in total. The molecule has 1 unspecified atom stereocenters. The van der Waals surface area contributed by atoms with Gasteiger partial charge in [-0.2, -0.15) is 5.26 Å². The highest BCUT2D eigenvalue weighted by molar-refractivity contribution is 9.10. The van der Waals surface area contributed by atoms with Gasteiger partial charge in [-0.3, -0.25) is 0 Å². The number of anilines is 1. The summed E-state index contributed by atoms with van der Waals surface area (Å²) in [5.74, 6) is 0. The van der Waals surface area contributed by atoms with E-state index in [1.54, 1.807) is 0 Å². The third-order valence-electron chi connectivity index (χ3n) is 3.79. The van der Waals surface area contributed by atoms with Crippen molar-refractivity contribution in [2.45, 2.75) is 25.3 Å². The van der Waals surface area contributed by atoms with Gasteiger partial charge in [0.25, 0.3) is 0 Å². The summed E-state index contributed by atoms with van der Waals surface area (Å²) in [6.45, 7) is 0. The highest BCUT2D eigenvalue weighted by atomic mass is 79.9. The van der Waals surface area contributed by atoms with Crippen LogP contribution < -0.4 is 5.32 Å². The van der Waals surface area contributed by atoms with E-state index in [4.69, 9.17) is 5.26 Å². The Morgan fingerprint density at radius 3 is 2.75 bits per heavy atom. The Kier molecular flexibility index (Phi) is 3.75. The number of fused-ring (bicyclic) bond motifs is 1. The van der Waals surface area contributed by atoms with Crippen LogP contribution in [0.25, 0.3) is 0 Å². The van der Waals surface area contributed by atoms with Gasteiger partial charge in [-0.15, -0.1) is 0 Å². The molecular weight excluding hydrogens is 312 g/mol. The fourth-order valence-corrected chi connectivity index (χ4v) is 3.35. The third kappa shape index (κ3) is 2.57. The Bertz CT molecular complexity index is 656. The summed E-state index contributed by atoms with van der Waals surface area (Å²) in [6.07, 6.45) is 2.71. The van der Waals surface area contributed by atoms with Crippen LogP contribution in [0.2, 0.25) is 0 Å². The molecule has 1 N–H and O–H groups in total. The smallest absolute Gasteiger partial charge is 0.0669 e. The molecule has 0 aromatic heterocycles. The first-order chi connectivity index (χ1) is 9.78. The van der Waals surface area contributed by atoms with Gasteiger partial charge in [-0.05, 0) is 47.7 Å². The lowest BCUT2D eigenvalue weighted by Gasteiger charge is -2.16. The Morgan fingerprint density at radius 2 is 2.00 bits per heavy atom. The Labute approximate surface area is 127 Å². The fraction of sp³-hybridized carbons (Fsp3) is 0.235. The third-order valence-corrected chi connectivity index (χ3v) is 4.53. The van der Waals surface area contributed by atoms with Gasteiger partial charge in [0.2, 0.25) is 0 Å². The molecule has 0 spiro atoms. The largest absolute Gasteiger partial charge is 0.378 e. The van der Waals surface area contributed by atoms with Gasteiger partial charge in [0.05, 0.1) is 18.5 Å². The molecule has 0 saturated carbocycles. The molecular formula is C17H15BrN2. The van der Waals surface area contributed by atoms with Gasteiger partial charge in [0, 0.05) is 10.2 Å². The van der Waals surface area contributed by atoms with E-state index in [-0.39, 0.29) is 0 Å². The van der Waals surface area contributed by atoms with Crippen molar-refractivity contribution in [2.24, 2.45) is 0 Å². The Morgan fingerprint density at radius 1 is 1.20 bits per heavy atom. The van der Waals surface area contributed by atoms with Crippen LogP contribution >= 0.6 is 15.9 Å². The van der Waals surface area contributed by atoms with Crippen LogP contribution in [0, 0.1) is 11.3 Å². The zero-order chi connectivity index (χ0) is 13.9. The van der Waals surface area contributed by atoms with Crippen molar-refractivity contribution in [3.05, 3.63) is 63.6 Å². The van der Waals surface area contributed by atoms with E-state index in [9.17, 15) is 0 Å². The normalized spacial score (nSPS) is 16.5. The number of hydrogen-bond acceptors (Lipinski definition) is 2. The monoisotopic (exact) mass is 326 g/mol. The second-order valence-electron chi connectivity index (χ2n) is 5.08. The van der Waals surface area contributed by atoms with Gasteiger partial charge >= 0.3 is 0 Å². The van der Waals surface area contributed by atoms with E-state index in [2.05, 4.69) is 57.6 Å². The lowest BCUT2D eigenvalue weighted by Crippen LogP contribution is -2.06. The van der Waals surface area contributed by atoms with E-state index in [0.717, 1.165) is 24.1 Å². The molecule has 3 heteroatoms. The molecule has 0 aliphatic heterocycles. The molecule has 2 aromatic rings. The van der Waals surface area contributed by atoms with Crippen molar-refractivity contribution in [2.75, 3.05) is 5.32 Å². The average molecular weight is 327 g/mol. The molecule has 0 fully saturated rings. The minimum atomic E-state index is 0.379. The van der Waals surface area contributed by atoms with Crippen molar-refractivity contribution >= 4 is 21.6 Å². The molecule has 1 aliphatic rings. The number of nitrogens with zero attached hydrogens (tertiary/aromatic N) is 1. The maximum Gasteiger partial charge on any atom is 0.0669 e.